The lowest BCUT2D eigenvalue weighted by molar-refractivity contribution is -0.137. The average Bonchev–Trinajstić information content (AvgIpc) is 3.44. The Morgan fingerprint density at radius 1 is 1.23 bits per heavy atom. The van der Waals surface area contributed by atoms with Gasteiger partial charge in [-0.2, -0.15) is 13.2 Å². The van der Waals surface area contributed by atoms with Gasteiger partial charge in [0.15, 0.2) is 0 Å². The molecular formula is C19H17F3N4O3S2. The van der Waals surface area contributed by atoms with E-state index in [4.69, 9.17) is 9.15 Å². The molecule has 1 fully saturated rings. The number of aromatic nitrogens is 2. The molecule has 2 aromatic heterocycles. The quantitative estimate of drug-likeness (QED) is 0.536. The van der Waals surface area contributed by atoms with Crippen molar-refractivity contribution < 1.29 is 27.1 Å². The van der Waals surface area contributed by atoms with Crippen LogP contribution in [0.2, 0.25) is 0 Å². The van der Waals surface area contributed by atoms with Crippen molar-refractivity contribution >= 4 is 40.4 Å². The van der Waals surface area contributed by atoms with Crippen LogP contribution in [0.25, 0.3) is 10.8 Å². The summed E-state index contributed by atoms with van der Waals surface area (Å²) in [5, 5.41) is 12.5. The van der Waals surface area contributed by atoms with Gasteiger partial charge in [-0.15, -0.1) is 21.5 Å². The Kier molecular flexibility index (Phi) is 6.49. The van der Waals surface area contributed by atoms with Crippen LogP contribution < -0.4 is 10.2 Å². The van der Waals surface area contributed by atoms with E-state index in [0.29, 0.717) is 37.9 Å². The molecule has 31 heavy (non-hydrogen) atoms. The molecular weight excluding hydrogens is 453 g/mol. The molecule has 0 aliphatic carbocycles. The largest absolute Gasteiger partial charge is 0.416 e. The van der Waals surface area contributed by atoms with E-state index in [2.05, 4.69) is 15.5 Å². The lowest BCUT2D eigenvalue weighted by Gasteiger charge is -2.31. The number of benzene rings is 1. The molecule has 0 radical (unpaired) electrons. The molecule has 3 heterocycles. The molecule has 1 aromatic carbocycles. The average molecular weight is 470 g/mol. The number of nitrogens with zero attached hydrogens (tertiary/aromatic N) is 3. The normalized spacial score (nSPS) is 14.6. The van der Waals surface area contributed by atoms with Crippen LogP contribution in [0.1, 0.15) is 5.56 Å². The van der Waals surface area contributed by atoms with Crippen LogP contribution in [0.5, 0.6) is 0 Å². The third-order valence-electron chi connectivity index (χ3n) is 4.41. The predicted molar refractivity (Wildman–Crippen MR) is 111 cm³/mol. The molecule has 1 N–H and O–H groups in total. The van der Waals surface area contributed by atoms with E-state index in [1.54, 1.807) is 0 Å². The molecule has 0 saturated carbocycles. The number of carbonyl (C=O) groups excluding carboxylic acids is 1. The van der Waals surface area contributed by atoms with Crippen molar-refractivity contribution in [3.63, 3.8) is 0 Å². The minimum Gasteiger partial charge on any atom is -0.410 e. The lowest BCUT2D eigenvalue weighted by atomic mass is 10.1. The number of hydrogen-bond donors (Lipinski definition) is 1. The van der Waals surface area contributed by atoms with Crippen LogP contribution in [0.3, 0.4) is 0 Å². The Bertz CT molecular complexity index is 1030. The number of alkyl halides is 3. The predicted octanol–water partition coefficient (Wildman–Crippen LogP) is 4.38. The van der Waals surface area contributed by atoms with Gasteiger partial charge in [-0.1, -0.05) is 17.8 Å². The summed E-state index contributed by atoms with van der Waals surface area (Å²) in [6.07, 6.45) is -4.51. The summed E-state index contributed by atoms with van der Waals surface area (Å²) in [6.45, 7) is 1.98. The standard InChI is InChI=1S/C19H17F3N4O3S2/c20-19(21,22)12-3-4-14(26-5-7-28-8-6-26)13(10-12)23-16(27)11-31-18-25-24-17(29-18)15-2-1-9-30-15/h1-4,9-10H,5-8,11H2,(H,23,27). The van der Waals surface area contributed by atoms with Gasteiger partial charge in [0, 0.05) is 13.1 Å². The van der Waals surface area contributed by atoms with E-state index in [-0.39, 0.29) is 16.7 Å². The van der Waals surface area contributed by atoms with Gasteiger partial charge in [0.2, 0.25) is 5.91 Å². The molecule has 0 unspecified atom stereocenters. The molecule has 3 aromatic rings. The molecule has 1 saturated heterocycles. The van der Waals surface area contributed by atoms with Gasteiger partial charge in [-0.3, -0.25) is 4.79 Å². The first-order chi connectivity index (χ1) is 14.9. The molecule has 7 nitrogen and oxygen atoms in total. The number of thiophene rings is 1. The smallest absolute Gasteiger partial charge is 0.410 e. The summed E-state index contributed by atoms with van der Waals surface area (Å²) in [5.41, 5.74) is -0.204. The summed E-state index contributed by atoms with van der Waals surface area (Å²) in [5.74, 6) is -0.217. The zero-order valence-corrected chi connectivity index (χ0v) is 17.6. The van der Waals surface area contributed by atoms with Gasteiger partial charge in [0.25, 0.3) is 11.1 Å². The SMILES string of the molecule is O=C(CSc1nnc(-c2cccs2)o1)Nc1cc(C(F)(F)F)ccc1N1CCOCC1. The number of morpholine rings is 1. The molecule has 1 amide bonds. The Labute approximate surface area is 183 Å². The van der Waals surface area contributed by atoms with Gasteiger partial charge in [-0.05, 0) is 29.6 Å². The first-order valence-electron chi connectivity index (χ1n) is 9.24. The second-order valence-electron chi connectivity index (χ2n) is 6.52. The van der Waals surface area contributed by atoms with Crippen molar-refractivity contribution in [2.75, 3.05) is 42.3 Å². The lowest BCUT2D eigenvalue weighted by Crippen LogP contribution is -2.37. The third-order valence-corrected chi connectivity index (χ3v) is 6.09. The number of amides is 1. The molecule has 12 heteroatoms. The monoisotopic (exact) mass is 470 g/mol. The minimum absolute atomic E-state index is 0.0924. The fraction of sp³-hybridized carbons (Fsp3) is 0.316. The van der Waals surface area contributed by atoms with E-state index < -0.39 is 17.6 Å². The van der Waals surface area contributed by atoms with Gasteiger partial charge >= 0.3 is 6.18 Å². The zero-order chi connectivity index (χ0) is 21.8. The first kappa shape index (κ1) is 21.7. The van der Waals surface area contributed by atoms with Crippen molar-refractivity contribution in [2.45, 2.75) is 11.4 Å². The van der Waals surface area contributed by atoms with Crippen molar-refractivity contribution in [2.24, 2.45) is 0 Å². The number of hydrogen-bond acceptors (Lipinski definition) is 8. The summed E-state index contributed by atoms with van der Waals surface area (Å²) >= 11 is 2.46. The van der Waals surface area contributed by atoms with Crippen molar-refractivity contribution in [1.29, 1.82) is 0 Å². The van der Waals surface area contributed by atoms with Gasteiger partial charge in [0.05, 0.1) is 40.8 Å². The molecule has 0 bridgehead atoms. The highest BCUT2D eigenvalue weighted by Gasteiger charge is 2.32. The maximum Gasteiger partial charge on any atom is 0.416 e. The second kappa shape index (κ2) is 9.28. The highest BCUT2D eigenvalue weighted by atomic mass is 32.2. The van der Waals surface area contributed by atoms with Crippen molar-refractivity contribution in [3.8, 4) is 10.8 Å². The van der Waals surface area contributed by atoms with Crippen molar-refractivity contribution in [1.82, 2.24) is 10.2 Å². The maximum absolute atomic E-state index is 13.2. The number of anilines is 2. The fourth-order valence-corrected chi connectivity index (χ4v) is 4.18. The van der Waals surface area contributed by atoms with Crippen LogP contribution in [0, 0.1) is 0 Å². The summed E-state index contributed by atoms with van der Waals surface area (Å²) in [7, 11) is 0. The first-order valence-corrected chi connectivity index (χ1v) is 11.1. The summed E-state index contributed by atoms with van der Waals surface area (Å²) in [4.78, 5) is 15.2. The number of rotatable bonds is 6. The van der Waals surface area contributed by atoms with E-state index in [9.17, 15) is 18.0 Å². The Hall–Kier alpha value is -2.57. The molecule has 4 rings (SSSR count). The Morgan fingerprint density at radius 2 is 2.03 bits per heavy atom. The zero-order valence-electron chi connectivity index (χ0n) is 16.0. The molecule has 0 spiro atoms. The van der Waals surface area contributed by atoms with Crippen molar-refractivity contribution in [3.05, 3.63) is 41.3 Å². The minimum atomic E-state index is -4.51. The fourth-order valence-electron chi connectivity index (χ4n) is 2.97. The highest BCUT2D eigenvalue weighted by Crippen LogP contribution is 2.36. The van der Waals surface area contributed by atoms with Crippen LogP contribution in [0.15, 0.2) is 45.4 Å². The number of thioether (sulfide) groups is 1. The van der Waals surface area contributed by atoms with Crippen LogP contribution in [0.4, 0.5) is 24.5 Å². The Morgan fingerprint density at radius 3 is 2.74 bits per heavy atom. The van der Waals surface area contributed by atoms with Crippen LogP contribution in [-0.4, -0.2) is 48.2 Å². The highest BCUT2D eigenvalue weighted by molar-refractivity contribution is 7.99. The van der Waals surface area contributed by atoms with Gasteiger partial charge in [0.1, 0.15) is 0 Å². The van der Waals surface area contributed by atoms with E-state index >= 15 is 0 Å². The third kappa shape index (κ3) is 5.38. The van der Waals surface area contributed by atoms with Crippen LogP contribution in [-0.2, 0) is 15.7 Å². The van der Waals surface area contributed by atoms with Gasteiger partial charge in [-0.25, -0.2) is 0 Å². The molecule has 1 aliphatic heterocycles. The Balaban J connectivity index is 1.45. The number of nitrogens with one attached hydrogen (secondary N) is 1. The summed E-state index contributed by atoms with van der Waals surface area (Å²) < 4.78 is 50.4. The topological polar surface area (TPSA) is 80.5 Å². The molecule has 0 atom stereocenters. The number of carbonyl (C=O) groups is 1. The number of ether oxygens (including phenoxy) is 1. The molecule has 164 valence electrons. The van der Waals surface area contributed by atoms with E-state index in [0.717, 1.165) is 28.8 Å². The second-order valence-corrected chi connectivity index (χ2v) is 8.39. The van der Waals surface area contributed by atoms with Gasteiger partial charge < -0.3 is 19.4 Å². The number of halogens is 3. The van der Waals surface area contributed by atoms with Crippen LogP contribution >= 0.6 is 23.1 Å². The van der Waals surface area contributed by atoms with E-state index in [1.165, 1.54) is 17.4 Å². The summed E-state index contributed by atoms with van der Waals surface area (Å²) in [6, 6.07) is 7.03. The maximum atomic E-state index is 13.2. The molecule has 1 aliphatic rings. The van der Waals surface area contributed by atoms with E-state index in [1.807, 2.05) is 22.4 Å².